The second-order valence-corrected chi connectivity index (χ2v) is 6.48. The zero-order chi connectivity index (χ0) is 14.1. The summed E-state index contributed by atoms with van der Waals surface area (Å²) in [5.74, 6) is 1.03. The summed E-state index contributed by atoms with van der Waals surface area (Å²) in [7, 11) is 0. The number of carbonyl (C=O) groups excluding carboxylic acids is 2. The van der Waals surface area contributed by atoms with Crippen molar-refractivity contribution in [3.63, 3.8) is 0 Å². The lowest BCUT2D eigenvalue weighted by Gasteiger charge is -2.51. The summed E-state index contributed by atoms with van der Waals surface area (Å²) in [6, 6.07) is 9.33. The molecule has 5 aliphatic rings. The molecule has 21 heavy (non-hydrogen) atoms. The quantitative estimate of drug-likeness (QED) is 0.584. The van der Waals surface area contributed by atoms with Gasteiger partial charge in [-0.3, -0.25) is 14.5 Å². The molecule has 0 aromatic heterocycles. The topological polar surface area (TPSA) is 37.4 Å². The van der Waals surface area contributed by atoms with Gasteiger partial charge in [0.2, 0.25) is 11.8 Å². The molecule has 6 atom stereocenters. The van der Waals surface area contributed by atoms with Gasteiger partial charge < -0.3 is 0 Å². The molecule has 1 aromatic carbocycles. The molecule has 1 saturated carbocycles. The first-order chi connectivity index (χ1) is 10.3. The predicted molar refractivity (Wildman–Crippen MR) is 78.2 cm³/mol. The Balaban J connectivity index is 1.61. The van der Waals surface area contributed by atoms with Crippen molar-refractivity contribution in [2.24, 2.45) is 35.5 Å². The van der Waals surface area contributed by atoms with Crippen molar-refractivity contribution in [2.75, 3.05) is 4.90 Å². The third-order valence-electron chi connectivity index (χ3n) is 5.69. The number of benzene rings is 1. The molecule has 6 rings (SSSR count). The van der Waals surface area contributed by atoms with Crippen molar-refractivity contribution in [1.82, 2.24) is 0 Å². The summed E-state index contributed by atoms with van der Waals surface area (Å²) in [5.41, 5.74) is 0.710. The number of rotatable bonds is 1. The number of para-hydroxylation sites is 1. The van der Waals surface area contributed by atoms with E-state index in [0.29, 0.717) is 17.5 Å². The fraction of sp³-hybridized carbons (Fsp3) is 0.333. The molecule has 0 spiro atoms. The summed E-state index contributed by atoms with van der Waals surface area (Å²) in [6.07, 6.45) is 8.78. The number of hydrogen-bond donors (Lipinski definition) is 0. The van der Waals surface area contributed by atoms with Gasteiger partial charge in [-0.05, 0) is 35.8 Å². The molecule has 0 unspecified atom stereocenters. The van der Waals surface area contributed by atoms with E-state index in [1.54, 1.807) is 0 Å². The fourth-order valence-corrected chi connectivity index (χ4v) is 4.72. The molecule has 4 aliphatic carbocycles. The molecular weight excluding hydrogens is 262 g/mol. The summed E-state index contributed by atoms with van der Waals surface area (Å²) in [6.45, 7) is 0. The van der Waals surface area contributed by atoms with Gasteiger partial charge in [-0.1, -0.05) is 42.5 Å². The van der Waals surface area contributed by atoms with Crippen LogP contribution in [0.15, 0.2) is 54.6 Å². The third kappa shape index (κ3) is 1.25. The number of allylic oxidation sites excluding steroid dienone is 4. The Morgan fingerprint density at radius 1 is 0.667 bits per heavy atom. The molecule has 2 amide bonds. The molecule has 104 valence electrons. The van der Waals surface area contributed by atoms with E-state index >= 15 is 0 Å². The monoisotopic (exact) mass is 277 g/mol. The van der Waals surface area contributed by atoms with E-state index in [1.165, 1.54) is 4.90 Å². The molecule has 1 heterocycles. The maximum atomic E-state index is 12.9. The first-order valence-corrected chi connectivity index (χ1v) is 7.57. The zero-order valence-corrected chi connectivity index (χ0v) is 11.4. The highest BCUT2D eigenvalue weighted by Gasteiger charge is 2.62. The van der Waals surface area contributed by atoms with Gasteiger partial charge in [0.05, 0.1) is 17.5 Å². The first-order valence-electron chi connectivity index (χ1n) is 7.57. The van der Waals surface area contributed by atoms with E-state index in [0.717, 1.165) is 0 Å². The Kier molecular flexibility index (Phi) is 2.04. The fourth-order valence-electron chi connectivity index (χ4n) is 4.72. The average Bonchev–Trinajstić information content (AvgIpc) is 2.73. The molecule has 1 aromatic rings. The molecule has 3 nitrogen and oxygen atoms in total. The van der Waals surface area contributed by atoms with Gasteiger partial charge in [0, 0.05) is 0 Å². The standard InChI is InChI=1S/C18H15NO2/c20-17-15-13-8-9-14(12-7-6-11(12)13)16(15)18(21)19(17)10-4-2-1-3-5-10/h1-9,11-16H/t11-,12-,13+,14+,15-,16-/m1/s1. The number of amides is 2. The minimum absolute atomic E-state index is 0.00528. The number of hydrogen-bond acceptors (Lipinski definition) is 2. The van der Waals surface area contributed by atoms with Crippen LogP contribution in [0.2, 0.25) is 0 Å². The number of imide groups is 1. The minimum Gasteiger partial charge on any atom is -0.274 e. The SMILES string of the molecule is O=C1[C@@H]2[C@H]3C=C[C@@H]([C@@H]4C=C[C@H]43)[C@H]2C(=O)N1c1ccccc1. The normalized spacial score (nSPS) is 42.0. The molecule has 0 radical (unpaired) electrons. The molecular formula is C18H15NO2. The van der Waals surface area contributed by atoms with Crippen LogP contribution in [0.5, 0.6) is 0 Å². The van der Waals surface area contributed by atoms with Crippen LogP contribution in [-0.2, 0) is 9.59 Å². The van der Waals surface area contributed by atoms with E-state index in [2.05, 4.69) is 24.3 Å². The van der Waals surface area contributed by atoms with E-state index in [9.17, 15) is 9.59 Å². The maximum Gasteiger partial charge on any atom is 0.238 e. The lowest BCUT2D eigenvalue weighted by atomic mass is 9.50. The van der Waals surface area contributed by atoms with Gasteiger partial charge in [-0.15, -0.1) is 0 Å². The summed E-state index contributed by atoms with van der Waals surface area (Å²) in [4.78, 5) is 27.2. The van der Waals surface area contributed by atoms with Crippen molar-refractivity contribution in [3.8, 4) is 0 Å². The van der Waals surface area contributed by atoms with E-state index < -0.39 is 0 Å². The van der Waals surface area contributed by atoms with Gasteiger partial charge in [-0.2, -0.15) is 0 Å². The second kappa shape index (κ2) is 3.73. The molecule has 3 heteroatoms. The van der Waals surface area contributed by atoms with Crippen LogP contribution in [0, 0.1) is 35.5 Å². The van der Waals surface area contributed by atoms with Crippen molar-refractivity contribution < 1.29 is 9.59 Å². The van der Waals surface area contributed by atoms with Gasteiger partial charge in [0.15, 0.2) is 0 Å². The number of carbonyl (C=O) groups is 2. The predicted octanol–water partition coefficient (Wildman–Crippen LogP) is 2.41. The van der Waals surface area contributed by atoms with Crippen LogP contribution in [0.25, 0.3) is 0 Å². The maximum absolute atomic E-state index is 12.9. The Hall–Kier alpha value is -2.16. The van der Waals surface area contributed by atoms with Gasteiger partial charge >= 0.3 is 0 Å². The summed E-state index contributed by atoms with van der Waals surface area (Å²) < 4.78 is 0. The molecule has 1 aliphatic heterocycles. The molecule has 2 bridgehead atoms. The zero-order valence-electron chi connectivity index (χ0n) is 11.4. The van der Waals surface area contributed by atoms with Crippen LogP contribution < -0.4 is 4.90 Å². The Labute approximate surface area is 122 Å². The Morgan fingerprint density at radius 3 is 1.62 bits per heavy atom. The van der Waals surface area contributed by atoms with Crippen LogP contribution in [0.4, 0.5) is 5.69 Å². The van der Waals surface area contributed by atoms with Crippen molar-refractivity contribution in [2.45, 2.75) is 0 Å². The van der Waals surface area contributed by atoms with Gasteiger partial charge in [0.1, 0.15) is 0 Å². The second-order valence-electron chi connectivity index (χ2n) is 6.48. The minimum atomic E-state index is -0.154. The largest absolute Gasteiger partial charge is 0.274 e. The number of anilines is 1. The van der Waals surface area contributed by atoms with Gasteiger partial charge in [-0.25, -0.2) is 0 Å². The highest BCUT2D eigenvalue weighted by molar-refractivity contribution is 6.22. The Bertz CT molecular complexity index is 665. The van der Waals surface area contributed by atoms with E-state index in [1.807, 2.05) is 30.3 Å². The third-order valence-corrected chi connectivity index (χ3v) is 5.69. The molecule has 0 N–H and O–H groups in total. The highest BCUT2D eigenvalue weighted by Crippen LogP contribution is 2.58. The lowest BCUT2D eigenvalue weighted by molar-refractivity contribution is -0.127. The molecule has 2 fully saturated rings. The van der Waals surface area contributed by atoms with Crippen LogP contribution in [-0.4, -0.2) is 11.8 Å². The first kappa shape index (κ1) is 11.5. The average molecular weight is 277 g/mol. The number of nitrogens with zero attached hydrogens (tertiary/aromatic N) is 1. The van der Waals surface area contributed by atoms with Crippen LogP contribution in [0.1, 0.15) is 0 Å². The van der Waals surface area contributed by atoms with Crippen molar-refractivity contribution in [1.29, 1.82) is 0 Å². The van der Waals surface area contributed by atoms with Crippen LogP contribution in [0.3, 0.4) is 0 Å². The highest BCUT2D eigenvalue weighted by atomic mass is 16.2. The van der Waals surface area contributed by atoms with Crippen LogP contribution >= 0.6 is 0 Å². The summed E-state index contributed by atoms with van der Waals surface area (Å²) in [5, 5.41) is 0. The Morgan fingerprint density at radius 2 is 1.14 bits per heavy atom. The smallest absolute Gasteiger partial charge is 0.238 e. The van der Waals surface area contributed by atoms with Crippen molar-refractivity contribution >= 4 is 17.5 Å². The summed E-state index contributed by atoms with van der Waals surface area (Å²) >= 11 is 0. The van der Waals surface area contributed by atoms with E-state index in [4.69, 9.17) is 0 Å². The van der Waals surface area contributed by atoms with Gasteiger partial charge in [0.25, 0.3) is 0 Å². The molecule has 1 saturated heterocycles. The lowest BCUT2D eigenvalue weighted by Crippen LogP contribution is -2.50. The van der Waals surface area contributed by atoms with E-state index in [-0.39, 0.29) is 35.5 Å². The van der Waals surface area contributed by atoms with Crippen molar-refractivity contribution in [3.05, 3.63) is 54.6 Å².